The number of benzene rings is 7. The number of nitriles is 1. The summed E-state index contributed by atoms with van der Waals surface area (Å²) >= 11 is 1.80. The molecule has 7 heteroatoms. The first-order chi connectivity index (χ1) is 26.2. The highest BCUT2D eigenvalue weighted by molar-refractivity contribution is 7.25. The number of para-hydroxylation sites is 2. The molecule has 0 saturated carbocycles. The third-order valence-corrected chi connectivity index (χ3v) is 11.2. The monoisotopic (exact) mass is 695 g/mol. The normalized spacial score (nSPS) is 11.8. The molecule has 7 aromatic carbocycles. The Bertz CT molecular complexity index is 3240. The molecule has 0 unspecified atom stereocenters. The lowest BCUT2D eigenvalue weighted by Gasteiger charge is -2.14. The van der Waals surface area contributed by atoms with Crippen LogP contribution >= 0.6 is 11.3 Å². The Kier molecular flexibility index (Phi) is 6.38. The van der Waals surface area contributed by atoms with Gasteiger partial charge in [-0.1, -0.05) is 115 Å². The quantitative estimate of drug-likeness (QED) is 0.183. The van der Waals surface area contributed by atoms with Gasteiger partial charge in [0.1, 0.15) is 17.2 Å². The topological polar surface area (TPSA) is 80.5 Å². The zero-order chi connectivity index (χ0) is 35.0. The molecule has 0 amide bonds. The predicted octanol–water partition coefficient (Wildman–Crippen LogP) is 12.1. The van der Waals surface area contributed by atoms with Crippen LogP contribution in [0.3, 0.4) is 0 Å². The minimum atomic E-state index is 0.374. The second kappa shape index (κ2) is 11.4. The number of nitrogens with zero attached hydrogens (tertiary/aromatic N) is 5. The van der Waals surface area contributed by atoms with E-state index in [0.717, 1.165) is 49.4 Å². The first-order valence-corrected chi connectivity index (χ1v) is 18.2. The lowest BCUT2D eigenvalue weighted by atomic mass is 10.00. The average molecular weight is 696 g/mol. The summed E-state index contributed by atoms with van der Waals surface area (Å²) < 4.78 is 11.5. The van der Waals surface area contributed by atoms with E-state index in [1.807, 2.05) is 84.9 Å². The van der Waals surface area contributed by atoms with Gasteiger partial charge < -0.3 is 8.98 Å². The van der Waals surface area contributed by atoms with Crippen LogP contribution in [0.4, 0.5) is 0 Å². The molecule has 0 fully saturated rings. The number of furan rings is 1. The summed E-state index contributed by atoms with van der Waals surface area (Å²) in [5.41, 5.74) is 6.88. The van der Waals surface area contributed by atoms with Crippen molar-refractivity contribution in [3.05, 3.63) is 157 Å². The van der Waals surface area contributed by atoms with Gasteiger partial charge in [0.15, 0.2) is 17.5 Å². The van der Waals surface area contributed by atoms with Crippen molar-refractivity contribution in [2.75, 3.05) is 0 Å². The number of aromatic nitrogens is 4. The molecule has 0 saturated heterocycles. The average Bonchev–Trinajstić information content (AvgIpc) is 3.89. The van der Waals surface area contributed by atoms with Crippen LogP contribution in [0.1, 0.15) is 5.56 Å². The molecule has 0 spiro atoms. The van der Waals surface area contributed by atoms with Gasteiger partial charge in [0, 0.05) is 47.5 Å². The van der Waals surface area contributed by atoms with E-state index >= 15 is 0 Å². The van der Waals surface area contributed by atoms with Crippen LogP contribution in [0.2, 0.25) is 0 Å². The van der Waals surface area contributed by atoms with E-state index < -0.39 is 0 Å². The van der Waals surface area contributed by atoms with Crippen molar-refractivity contribution in [3.63, 3.8) is 0 Å². The molecule has 0 aliphatic carbocycles. The standard InChI is InChI=1S/C46H25N5OS/c47-26-29-23-37(51-35-20-10-7-17-30(35)33-24-34-31-18-9-12-22-39(31)53-40(34)25-36(33)51)42-32-19-8-11-21-38(32)52-43(42)41(29)46-49-44(27-13-3-1-4-14-27)48-45(50-46)28-15-5-2-6-16-28/h1-25H. The maximum Gasteiger partial charge on any atom is 0.169 e. The number of hydrogen-bond acceptors (Lipinski definition) is 6. The Labute approximate surface area is 306 Å². The zero-order valence-electron chi connectivity index (χ0n) is 28.0. The van der Waals surface area contributed by atoms with Gasteiger partial charge in [0.2, 0.25) is 0 Å². The summed E-state index contributed by atoms with van der Waals surface area (Å²) in [6.45, 7) is 0. The summed E-state index contributed by atoms with van der Waals surface area (Å²) in [4.78, 5) is 15.0. The van der Waals surface area contributed by atoms with Gasteiger partial charge in [-0.05, 0) is 36.4 Å². The maximum atomic E-state index is 11.0. The Balaban J connectivity index is 1.27. The summed E-state index contributed by atoms with van der Waals surface area (Å²) in [5.74, 6) is 1.40. The summed E-state index contributed by atoms with van der Waals surface area (Å²) in [6, 6.07) is 54.0. The van der Waals surface area contributed by atoms with Crippen molar-refractivity contribution in [1.29, 1.82) is 5.26 Å². The molecule has 11 aromatic rings. The molecule has 6 nitrogen and oxygen atoms in total. The van der Waals surface area contributed by atoms with E-state index in [0.29, 0.717) is 39.8 Å². The van der Waals surface area contributed by atoms with Gasteiger partial charge in [-0.25, -0.2) is 15.0 Å². The number of hydrogen-bond donors (Lipinski definition) is 0. The van der Waals surface area contributed by atoms with Crippen molar-refractivity contribution in [1.82, 2.24) is 19.5 Å². The van der Waals surface area contributed by atoms with Gasteiger partial charge in [-0.15, -0.1) is 11.3 Å². The number of rotatable bonds is 4. The summed E-state index contributed by atoms with van der Waals surface area (Å²) in [5, 5.41) is 17.6. The molecule has 246 valence electrons. The molecule has 0 N–H and O–H groups in total. The first kappa shape index (κ1) is 29.6. The summed E-state index contributed by atoms with van der Waals surface area (Å²) in [6.07, 6.45) is 0. The van der Waals surface area contributed by atoms with Crippen LogP contribution < -0.4 is 0 Å². The van der Waals surface area contributed by atoms with Gasteiger partial charge in [0.25, 0.3) is 0 Å². The Hall–Kier alpha value is -7.14. The smallest absolute Gasteiger partial charge is 0.169 e. The fraction of sp³-hybridized carbons (Fsp3) is 0. The highest BCUT2D eigenvalue weighted by Crippen LogP contribution is 2.45. The first-order valence-electron chi connectivity index (χ1n) is 17.3. The van der Waals surface area contributed by atoms with E-state index in [9.17, 15) is 5.26 Å². The molecule has 0 aliphatic rings. The Morgan fingerprint density at radius 3 is 1.89 bits per heavy atom. The van der Waals surface area contributed by atoms with Gasteiger partial charge >= 0.3 is 0 Å². The van der Waals surface area contributed by atoms with E-state index in [4.69, 9.17) is 19.4 Å². The second-order valence-corrected chi connectivity index (χ2v) is 14.2. The van der Waals surface area contributed by atoms with Crippen molar-refractivity contribution >= 4 is 75.3 Å². The molecule has 4 aromatic heterocycles. The van der Waals surface area contributed by atoms with Gasteiger partial charge in [-0.3, -0.25) is 0 Å². The highest BCUT2D eigenvalue weighted by atomic mass is 32.1. The number of thiophene rings is 1. The third-order valence-electron chi connectivity index (χ3n) is 10.1. The molecular formula is C46H25N5OS. The third kappa shape index (κ3) is 4.46. The largest absolute Gasteiger partial charge is 0.455 e. The molecule has 4 heterocycles. The molecule has 0 radical (unpaired) electrons. The SMILES string of the molecule is N#Cc1cc(-n2c3ccccc3c3cc4c(cc32)sc2ccccc24)c2c(oc3ccccc32)c1-c1nc(-c2ccccc2)nc(-c2ccccc2)n1. The molecule has 11 rings (SSSR count). The van der Waals surface area contributed by atoms with Crippen LogP contribution in [-0.4, -0.2) is 19.5 Å². The molecule has 0 bridgehead atoms. The van der Waals surface area contributed by atoms with Crippen LogP contribution in [-0.2, 0) is 0 Å². The van der Waals surface area contributed by atoms with Crippen molar-refractivity contribution in [2.24, 2.45) is 0 Å². The lowest BCUT2D eigenvalue weighted by molar-refractivity contribution is 0.669. The fourth-order valence-electron chi connectivity index (χ4n) is 7.73. The minimum Gasteiger partial charge on any atom is -0.455 e. The minimum absolute atomic E-state index is 0.374. The number of fused-ring (bicyclic) bond motifs is 9. The lowest BCUT2D eigenvalue weighted by Crippen LogP contribution is -2.03. The molecular weight excluding hydrogens is 671 g/mol. The second-order valence-electron chi connectivity index (χ2n) is 13.1. The summed E-state index contributed by atoms with van der Waals surface area (Å²) in [7, 11) is 0. The van der Waals surface area contributed by atoms with E-state index in [2.05, 4.69) is 77.4 Å². The van der Waals surface area contributed by atoms with Gasteiger partial charge in [-0.2, -0.15) is 5.26 Å². The van der Waals surface area contributed by atoms with E-state index in [1.165, 1.54) is 20.2 Å². The van der Waals surface area contributed by atoms with Crippen molar-refractivity contribution in [3.8, 4) is 45.9 Å². The van der Waals surface area contributed by atoms with E-state index in [1.54, 1.807) is 11.3 Å². The molecule has 53 heavy (non-hydrogen) atoms. The van der Waals surface area contributed by atoms with Crippen molar-refractivity contribution < 1.29 is 4.42 Å². The zero-order valence-corrected chi connectivity index (χ0v) is 28.8. The Morgan fingerprint density at radius 2 is 1.15 bits per heavy atom. The highest BCUT2D eigenvalue weighted by Gasteiger charge is 2.26. The fourth-order valence-corrected chi connectivity index (χ4v) is 8.85. The maximum absolute atomic E-state index is 11.0. The van der Waals surface area contributed by atoms with E-state index in [-0.39, 0.29) is 0 Å². The molecule has 0 aliphatic heterocycles. The van der Waals surface area contributed by atoms with Crippen LogP contribution in [0.25, 0.3) is 104 Å². The van der Waals surface area contributed by atoms with Crippen LogP contribution in [0.5, 0.6) is 0 Å². The van der Waals surface area contributed by atoms with Crippen LogP contribution in [0, 0.1) is 11.3 Å². The van der Waals surface area contributed by atoms with Crippen LogP contribution in [0.15, 0.2) is 156 Å². The van der Waals surface area contributed by atoms with Gasteiger partial charge in [0.05, 0.1) is 33.2 Å². The predicted molar refractivity (Wildman–Crippen MR) is 215 cm³/mol. The molecule has 0 atom stereocenters. The Morgan fingerprint density at radius 1 is 0.528 bits per heavy atom. The van der Waals surface area contributed by atoms with Crippen molar-refractivity contribution in [2.45, 2.75) is 0 Å².